The van der Waals surface area contributed by atoms with E-state index in [4.69, 9.17) is 10.5 Å². The van der Waals surface area contributed by atoms with Crippen LogP contribution >= 0.6 is 0 Å². The third-order valence-corrected chi connectivity index (χ3v) is 1.42. The van der Waals surface area contributed by atoms with Gasteiger partial charge in [-0.2, -0.15) is 0 Å². The van der Waals surface area contributed by atoms with Gasteiger partial charge in [0.2, 0.25) is 0 Å². The summed E-state index contributed by atoms with van der Waals surface area (Å²) in [7, 11) is 0. The highest BCUT2D eigenvalue weighted by Crippen LogP contribution is 2.11. The number of pyridine rings is 1. The molecule has 0 aliphatic carbocycles. The van der Waals surface area contributed by atoms with Crippen molar-refractivity contribution in [3.8, 4) is 17.6 Å². The average molecular weight is 212 g/mol. The lowest BCUT2D eigenvalue weighted by Gasteiger charge is -2.04. The van der Waals surface area contributed by atoms with Crippen LogP contribution in [0.2, 0.25) is 0 Å². The zero-order valence-electron chi connectivity index (χ0n) is 7.91. The zero-order valence-corrected chi connectivity index (χ0v) is 7.91. The van der Waals surface area contributed by atoms with Crippen molar-refractivity contribution in [3.63, 3.8) is 0 Å². The number of aromatic nitrogens is 1. The van der Waals surface area contributed by atoms with Crippen molar-refractivity contribution in [2.24, 2.45) is 5.73 Å². The molecule has 1 heterocycles. The summed E-state index contributed by atoms with van der Waals surface area (Å²) in [5.74, 6) is 5.64. The zero-order chi connectivity index (χ0) is 11.1. The molecule has 1 rings (SSSR count). The van der Waals surface area contributed by atoms with E-state index in [1.54, 1.807) is 0 Å². The molecule has 0 saturated carbocycles. The van der Waals surface area contributed by atoms with Gasteiger partial charge in [0.25, 0.3) is 6.43 Å². The Hall–Kier alpha value is -1.67. The van der Waals surface area contributed by atoms with Gasteiger partial charge in [-0.3, -0.25) is 4.98 Å². The van der Waals surface area contributed by atoms with Crippen LogP contribution in [0.15, 0.2) is 18.5 Å². The van der Waals surface area contributed by atoms with Gasteiger partial charge < -0.3 is 10.5 Å². The highest BCUT2D eigenvalue weighted by atomic mass is 19.3. The second-order valence-electron chi connectivity index (χ2n) is 2.62. The Bertz CT molecular complexity index is 371. The molecule has 0 aliphatic heterocycles. The van der Waals surface area contributed by atoms with Crippen molar-refractivity contribution >= 4 is 0 Å². The monoisotopic (exact) mass is 212 g/mol. The first-order valence-corrected chi connectivity index (χ1v) is 4.27. The summed E-state index contributed by atoms with van der Waals surface area (Å²) < 4.78 is 28.4. The predicted molar refractivity (Wildman–Crippen MR) is 51.7 cm³/mol. The van der Waals surface area contributed by atoms with E-state index in [0.717, 1.165) is 0 Å². The lowest BCUT2D eigenvalue weighted by Crippen LogP contribution is -2.07. The fourth-order valence-corrected chi connectivity index (χ4v) is 0.878. The van der Waals surface area contributed by atoms with Gasteiger partial charge in [-0.25, -0.2) is 8.78 Å². The van der Waals surface area contributed by atoms with Crippen molar-refractivity contribution < 1.29 is 13.5 Å². The van der Waals surface area contributed by atoms with E-state index in [1.165, 1.54) is 18.5 Å². The maximum atomic E-state index is 11.8. The SMILES string of the molecule is NCC#Cc1cncc(OCC(F)F)c1. The number of ether oxygens (including phenoxy) is 1. The molecule has 0 atom stereocenters. The van der Waals surface area contributed by atoms with Crippen LogP contribution in [0.25, 0.3) is 0 Å². The van der Waals surface area contributed by atoms with Crippen LogP contribution < -0.4 is 10.5 Å². The third-order valence-electron chi connectivity index (χ3n) is 1.42. The molecule has 15 heavy (non-hydrogen) atoms. The van der Waals surface area contributed by atoms with Gasteiger partial charge in [0.1, 0.15) is 12.4 Å². The van der Waals surface area contributed by atoms with E-state index in [0.29, 0.717) is 5.56 Å². The summed E-state index contributed by atoms with van der Waals surface area (Å²) in [6, 6.07) is 1.54. The number of halogens is 2. The summed E-state index contributed by atoms with van der Waals surface area (Å²) in [5.41, 5.74) is 5.78. The Morgan fingerprint density at radius 2 is 2.27 bits per heavy atom. The van der Waals surface area contributed by atoms with Gasteiger partial charge in [-0.15, -0.1) is 0 Å². The maximum Gasteiger partial charge on any atom is 0.272 e. The summed E-state index contributed by atoms with van der Waals surface area (Å²) in [5, 5.41) is 0. The van der Waals surface area contributed by atoms with Gasteiger partial charge in [-0.05, 0) is 6.07 Å². The van der Waals surface area contributed by atoms with E-state index in [1.807, 2.05) is 0 Å². The highest BCUT2D eigenvalue weighted by molar-refractivity contribution is 5.36. The Labute approximate surface area is 86.3 Å². The Balaban J connectivity index is 2.65. The van der Waals surface area contributed by atoms with Gasteiger partial charge in [0.05, 0.1) is 12.7 Å². The lowest BCUT2D eigenvalue weighted by molar-refractivity contribution is 0.0817. The molecule has 0 saturated heterocycles. The second-order valence-corrected chi connectivity index (χ2v) is 2.62. The van der Waals surface area contributed by atoms with Crippen molar-refractivity contribution in [1.82, 2.24) is 4.98 Å². The van der Waals surface area contributed by atoms with E-state index in [-0.39, 0.29) is 12.3 Å². The largest absolute Gasteiger partial charge is 0.486 e. The molecule has 0 unspecified atom stereocenters. The molecule has 80 valence electrons. The first-order chi connectivity index (χ1) is 7.22. The second kappa shape index (κ2) is 5.94. The van der Waals surface area contributed by atoms with E-state index < -0.39 is 13.0 Å². The van der Waals surface area contributed by atoms with E-state index in [9.17, 15) is 8.78 Å². The number of nitrogens with zero attached hydrogens (tertiary/aromatic N) is 1. The van der Waals surface area contributed by atoms with Crippen LogP contribution in [0.5, 0.6) is 5.75 Å². The van der Waals surface area contributed by atoms with Gasteiger partial charge in [0.15, 0.2) is 0 Å². The molecule has 0 bridgehead atoms. The summed E-state index contributed by atoms with van der Waals surface area (Å²) in [6.07, 6.45) is 0.372. The summed E-state index contributed by atoms with van der Waals surface area (Å²) >= 11 is 0. The van der Waals surface area contributed by atoms with Crippen LogP contribution in [0, 0.1) is 11.8 Å². The molecule has 2 N–H and O–H groups in total. The van der Waals surface area contributed by atoms with Crippen LogP contribution in [-0.4, -0.2) is 24.6 Å². The molecule has 0 aliphatic rings. The fourth-order valence-electron chi connectivity index (χ4n) is 0.878. The normalized spacial score (nSPS) is 9.60. The maximum absolute atomic E-state index is 11.8. The van der Waals surface area contributed by atoms with Gasteiger partial charge in [-0.1, -0.05) is 11.8 Å². The number of rotatable bonds is 3. The van der Waals surface area contributed by atoms with E-state index >= 15 is 0 Å². The minimum Gasteiger partial charge on any atom is -0.486 e. The topological polar surface area (TPSA) is 48.1 Å². The number of hydrogen-bond donors (Lipinski definition) is 1. The minimum atomic E-state index is -2.50. The first-order valence-electron chi connectivity index (χ1n) is 4.27. The number of hydrogen-bond acceptors (Lipinski definition) is 3. The molecular weight excluding hydrogens is 202 g/mol. The van der Waals surface area contributed by atoms with Crippen LogP contribution in [0.3, 0.4) is 0 Å². The molecule has 0 aromatic carbocycles. The van der Waals surface area contributed by atoms with Crippen LogP contribution in [-0.2, 0) is 0 Å². The Kier molecular flexibility index (Phi) is 4.51. The highest BCUT2D eigenvalue weighted by Gasteiger charge is 2.03. The van der Waals surface area contributed by atoms with Crippen LogP contribution in [0.4, 0.5) is 8.78 Å². The molecule has 5 heteroatoms. The van der Waals surface area contributed by atoms with Crippen molar-refractivity contribution in [1.29, 1.82) is 0 Å². The predicted octanol–water partition coefficient (Wildman–Crippen LogP) is 1.04. The molecule has 0 fully saturated rings. The van der Waals surface area contributed by atoms with Gasteiger partial charge >= 0.3 is 0 Å². The molecule has 1 aromatic rings. The van der Waals surface area contributed by atoms with Crippen LogP contribution in [0.1, 0.15) is 5.56 Å². The summed E-state index contributed by atoms with van der Waals surface area (Å²) in [6.45, 7) is -0.405. The lowest BCUT2D eigenvalue weighted by atomic mass is 10.3. The molecule has 0 radical (unpaired) electrons. The van der Waals surface area contributed by atoms with Gasteiger partial charge in [0, 0.05) is 11.8 Å². The summed E-state index contributed by atoms with van der Waals surface area (Å²) in [4.78, 5) is 3.80. The Morgan fingerprint density at radius 1 is 1.47 bits per heavy atom. The molecular formula is C10H10F2N2O. The smallest absolute Gasteiger partial charge is 0.272 e. The molecule has 0 amide bonds. The quantitative estimate of drug-likeness (QED) is 0.761. The van der Waals surface area contributed by atoms with Crippen molar-refractivity contribution in [2.45, 2.75) is 6.43 Å². The number of alkyl halides is 2. The van der Waals surface area contributed by atoms with E-state index in [2.05, 4.69) is 16.8 Å². The fraction of sp³-hybridized carbons (Fsp3) is 0.300. The van der Waals surface area contributed by atoms with Crippen molar-refractivity contribution in [2.75, 3.05) is 13.2 Å². The molecule has 0 spiro atoms. The Morgan fingerprint density at radius 3 is 2.93 bits per heavy atom. The third kappa shape index (κ3) is 4.38. The minimum absolute atomic E-state index is 0.238. The average Bonchev–Trinajstić information content (AvgIpc) is 2.24. The molecule has 3 nitrogen and oxygen atoms in total. The van der Waals surface area contributed by atoms with Crippen molar-refractivity contribution in [3.05, 3.63) is 24.0 Å². The standard InChI is InChI=1S/C10H10F2N2O/c11-10(12)7-15-9-4-8(2-1-3-13)5-14-6-9/h4-6,10H,3,7,13H2. The first kappa shape index (κ1) is 11.4. The molecule has 1 aromatic heterocycles. The number of nitrogens with two attached hydrogens (primary N) is 1.